The number of nitrogens with one attached hydrogen (secondary N) is 1. The van der Waals surface area contributed by atoms with Crippen LogP contribution in [0.2, 0.25) is 0 Å². The van der Waals surface area contributed by atoms with Gasteiger partial charge in [-0.3, -0.25) is 4.79 Å². The molecule has 8 heteroatoms. The number of ether oxygens (including phenoxy) is 3. The quantitative estimate of drug-likeness (QED) is 0.677. The predicted molar refractivity (Wildman–Crippen MR) is 88.3 cm³/mol. The molecule has 8 nitrogen and oxygen atoms in total. The molecule has 0 aliphatic heterocycles. The molecule has 0 saturated carbocycles. The van der Waals surface area contributed by atoms with Crippen LogP contribution < -0.4 is 10.1 Å². The van der Waals surface area contributed by atoms with E-state index >= 15 is 0 Å². The van der Waals surface area contributed by atoms with E-state index in [1.165, 1.54) is 32.4 Å². The van der Waals surface area contributed by atoms with Gasteiger partial charge in [0.25, 0.3) is 5.91 Å². The monoisotopic (exact) mass is 353 g/mol. The zero-order chi connectivity index (χ0) is 19.0. The van der Waals surface area contributed by atoms with Gasteiger partial charge in [0.05, 0.1) is 14.2 Å². The van der Waals surface area contributed by atoms with Gasteiger partial charge in [-0.05, 0) is 18.1 Å². The highest BCUT2D eigenvalue weighted by Crippen LogP contribution is 2.29. The number of para-hydroxylation sites is 1. The van der Waals surface area contributed by atoms with Crippen molar-refractivity contribution in [3.05, 3.63) is 23.8 Å². The SMILES string of the molecule is CCC(C)C(NC(=O)COC(=O)c1cccc(OC)c1O)C(=O)OC. The van der Waals surface area contributed by atoms with E-state index in [2.05, 4.69) is 10.1 Å². The van der Waals surface area contributed by atoms with Crippen LogP contribution in [-0.2, 0) is 19.1 Å². The Hall–Kier alpha value is -2.77. The van der Waals surface area contributed by atoms with Crippen molar-refractivity contribution in [3.63, 3.8) is 0 Å². The van der Waals surface area contributed by atoms with Gasteiger partial charge >= 0.3 is 11.9 Å². The molecule has 25 heavy (non-hydrogen) atoms. The highest BCUT2D eigenvalue weighted by Gasteiger charge is 2.27. The molecule has 1 aromatic rings. The number of phenols is 1. The van der Waals surface area contributed by atoms with Gasteiger partial charge in [0.2, 0.25) is 0 Å². The summed E-state index contributed by atoms with van der Waals surface area (Å²) in [5.74, 6) is -2.51. The fourth-order valence-electron chi connectivity index (χ4n) is 2.07. The molecule has 2 N–H and O–H groups in total. The number of hydrogen-bond acceptors (Lipinski definition) is 7. The lowest BCUT2D eigenvalue weighted by Gasteiger charge is -2.21. The number of methoxy groups -OCH3 is 2. The first-order valence-electron chi connectivity index (χ1n) is 7.75. The van der Waals surface area contributed by atoms with Crippen LogP contribution in [0.5, 0.6) is 11.5 Å². The Morgan fingerprint density at radius 3 is 2.48 bits per heavy atom. The molecule has 0 radical (unpaired) electrons. The molecular formula is C17H23NO7. The van der Waals surface area contributed by atoms with Crippen molar-refractivity contribution in [1.29, 1.82) is 0 Å². The Labute approximate surface area is 146 Å². The molecule has 1 aromatic carbocycles. The third kappa shape index (κ3) is 5.37. The van der Waals surface area contributed by atoms with Crippen LogP contribution in [0.3, 0.4) is 0 Å². The Kier molecular flexibility index (Phi) is 7.71. The number of aromatic hydroxyl groups is 1. The standard InChI is InChI=1S/C17H23NO7/c1-5-10(2)14(17(22)24-4)18-13(19)9-25-16(21)11-7-6-8-12(23-3)15(11)20/h6-8,10,14,20H,5,9H2,1-4H3,(H,18,19). The second-order valence-electron chi connectivity index (χ2n) is 5.39. The molecule has 2 unspecified atom stereocenters. The molecule has 1 amide bonds. The first-order valence-corrected chi connectivity index (χ1v) is 7.75. The van der Waals surface area contributed by atoms with Gasteiger partial charge in [0.1, 0.15) is 11.6 Å². The Morgan fingerprint density at radius 2 is 1.92 bits per heavy atom. The van der Waals surface area contributed by atoms with E-state index in [0.717, 1.165) is 0 Å². The summed E-state index contributed by atoms with van der Waals surface area (Å²) in [7, 11) is 2.58. The lowest BCUT2D eigenvalue weighted by Crippen LogP contribution is -2.47. The molecule has 138 valence electrons. The van der Waals surface area contributed by atoms with Crippen LogP contribution in [0.15, 0.2) is 18.2 Å². The summed E-state index contributed by atoms with van der Waals surface area (Å²) in [4.78, 5) is 35.7. The zero-order valence-corrected chi connectivity index (χ0v) is 14.7. The van der Waals surface area contributed by atoms with Crippen LogP contribution in [0.4, 0.5) is 0 Å². The van der Waals surface area contributed by atoms with Crippen LogP contribution in [0.1, 0.15) is 30.6 Å². The summed E-state index contributed by atoms with van der Waals surface area (Å²) in [6.07, 6.45) is 0.650. The molecule has 0 bridgehead atoms. The molecule has 0 heterocycles. The Bertz CT molecular complexity index is 629. The van der Waals surface area contributed by atoms with Crippen molar-refractivity contribution in [2.45, 2.75) is 26.3 Å². The molecule has 0 fully saturated rings. The molecule has 2 atom stereocenters. The predicted octanol–water partition coefficient (Wildman–Crippen LogP) is 1.26. The van der Waals surface area contributed by atoms with Gasteiger partial charge in [-0.15, -0.1) is 0 Å². The number of phenolic OH excluding ortho intramolecular Hbond substituents is 1. The smallest absolute Gasteiger partial charge is 0.342 e. The van der Waals surface area contributed by atoms with E-state index in [1.807, 2.05) is 6.92 Å². The average Bonchev–Trinajstić information content (AvgIpc) is 2.62. The van der Waals surface area contributed by atoms with Crippen LogP contribution in [0.25, 0.3) is 0 Å². The molecule has 0 aromatic heterocycles. The fraction of sp³-hybridized carbons (Fsp3) is 0.471. The molecule has 0 aliphatic carbocycles. The highest BCUT2D eigenvalue weighted by atomic mass is 16.5. The third-order valence-corrected chi connectivity index (χ3v) is 3.76. The molecule has 0 spiro atoms. The number of hydrogen-bond donors (Lipinski definition) is 2. The normalized spacial score (nSPS) is 12.6. The van der Waals surface area contributed by atoms with E-state index in [-0.39, 0.29) is 23.0 Å². The van der Waals surface area contributed by atoms with Crippen molar-refractivity contribution in [2.75, 3.05) is 20.8 Å². The van der Waals surface area contributed by atoms with E-state index in [1.54, 1.807) is 6.92 Å². The van der Waals surface area contributed by atoms with Crippen molar-refractivity contribution in [3.8, 4) is 11.5 Å². The van der Waals surface area contributed by atoms with Gasteiger partial charge in [-0.2, -0.15) is 0 Å². The minimum absolute atomic E-state index is 0.112. The van der Waals surface area contributed by atoms with Gasteiger partial charge in [0, 0.05) is 0 Å². The summed E-state index contributed by atoms with van der Waals surface area (Å²) in [5.41, 5.74) is -0.126. The average molecular weight is 353 g/mol. The van der Waals surface area contributed by atoms with E-state index < -0.39 is 30.5 Å². The van der Waals surface area contributed by atoms with Crippen molar-refractivity contribution in [2.24, 2.45) is 5.92 Å². The second-order valence-corrected chi connectivity index (χ2v) is 5.39. The maximum atomic E-state index is 12.0. The van der Waals surface area contributed by atoms with Gasteiger partial charge in [0.15, 0.2) is 18.1 Å². The maximum absolute atomic E-state index is 12.0. The summed E-state index contributed by atoms with van der Waals surface area (Å²) >= 11 is 0. The number of amides is 1. The van der Waals surface area contributed by atoms with Crippen LogP contribution in [-0.4, -0.2) is 49.8 Å². The van der Waals surface area contributed by atoms with Gasteiger partial charge < -0.3 is 24.6 Å². The van der Waals surface area contributed by atoms with Gasteiger partial charge in [-0.1, -0.05) is 26.3 Å². The molecular weight excluding hydrogens is 330 g/mol. The van der Waals surface area contributed by atoms with Crippen molar-refractivity contribution in [1.82, 2.24) is 5.32 Å². The molecule has 0 aliphatic rings. The fourth-order valence-corrected chi connectivity index (χ4v) is 2.07. The number of benzene rings is 1. The topological polar surface area (TPSA) is 111 Å². The number of rotatable bonds is 8. The number of carbonyl (C=O) groups is 3. The van der Waals surface area contributed by atoms with Crippen LogP contribution in [0, 0.1) is 5.92 Å². The van der Waals surface area contributed by atoms with Gasteiger partial charge in [-0.25, -0.2) is 9.59 Å². The summed E-state index contributed by atoms with van der Waals surface area (Å²) in [5, 5.41) is 12.4. The Morgan fingerprint density at radius 1 is 1.24 bits per heavy atom. The van der Waals surface area contributed by atoms with E-state index in [4.69, 9.17) is 9.47 Å². The minimum atomic E-state index is -0.885. The zero-order valence-electron chi connectivity index (χ0n) is 14.7. The first kappa shape index (κ1) is 20.3. The first-order chi connectivity index (χ1) is 11.8. The largest absolute Gasteiger partial charge is 0.504 e. The lowest BCUT2D eigenvalue weighted by molar-refractivity contribution is -0.147. The number of esters is 2. The van der Waals surface area contributed by atoms with E-state index in [0.29, 0.717) is 6.42 Å². The molecule has 0 saturated heterocycles. The Balaban J connectivity index is 2.69. The van der Waals surface area contributed by atoms with Crippen molar-refractivity contribution >= 4 is 17.8 Å². The summed E-state index contributed by atoms with van der Waals surface area (Å²) in [6, 6.07) is 3.50. The molecule has 1 rings (SSSR count). The van der Waals surface area contributed by atoms with E-state index in [9.17, 15) is 19.5 Å². The van der Waals surface area contributed by atoms with Crippen LogP contribution >= 0.6 is 0 Å². The highest BCUT2D eigenvalue weighted by molar-refractivity contribution is 5.95. The third-order valence-electron chi connectivity index (χ3n) is 3.76. The van der Waals surface area contributed by atoms with Crippen molar-refractivity contribution < 1.29 is 33.7 Å². The lowest BCUT2D eigenvalue weighted by atomic mass is 9.99. The second kappa shape index (κ2) is 9.51. The minimum Gasteiger partial charge on any atom is -0.504 e. The number of carbonyl (C=O) groups excluding carboxylic acids is 3. The summed E-state index contributed by atoms with van der Waals surface area (Å²) < 4.78 is 14.4. The maximum Gasteiger partial charge on any atom is 0.342 e. The summed E-state index contributed by atoms with van der Waals surface area (Å²) in [6.45, 7) is 3.07.